The number of amides is 3. The van der Waals surface area contributed by atoms with Gasteiger partial charge in [0.2, 0.25) is 5.91 Å². The van der Waals surface area contributed by atoms with Gasteiger partial charge in [-0.05, 0) is 49.9 Å². The number of carbonyl (C=O) groups excluding carboxylic acids is 2. The molecule has 0 aromatic carbocycles. The number of hydrogen-bond acceptors (Lipinski definition) is 3. The highest BCUT2D eigenvalue weighted by atomic mass is 16.5. The number of rotatable bonds is 13. The molecule has 5 nitrogen and oxygen atoms in total. The Bertz CT molecular complexity index is 469. The predicted molar refractivity (Wildman–Crippen MR) is 111 cm³/mol. The van der Waals surface area contributed by atoms with E-state index in [2.05, 4.69) is 34.6 Å². The minimum Gasteiger partial charge on any atom is -0.381 e. The monoisotopic (exact) mass is 382 g/mol. The first-order chi connectivity index (χ1) is 12.6. The van der Waals surface area contributed by atoms with E-state index in [9.17, 15) is 9.59 Å². The second-order valence-electron chi connectivity index (χ2n) is 9.84. The maximum Gasteiger partial charge on any atom is 0.327 e. The maximum absolute atomic E-state index is 12.1. The predicted octanol–water partition coefficient (Wildman–Crippen LogP) is 5.09. The molecule has 5 heteroatoms. The summed E-state index contributed by atoms with van der Waals surface area (Å²) in [5.74, 6) is -0.0579. The zero-order chi connectivity index (χ0) is 20.5. The molecule has 1 aliphatic rings. The van der Waals surface area contributed by atoms with Crippen LogP contribution < -0.4 is 0 Å². The topological polar surface area (TPSA) is 49.9 Å². The van der Waals surface area contributed by atoms with Crippen LogP contribution in [0, 0.1) is 10.8 Å². The quantitative estimate of drug-likeness (QED) is 0.329. The van der Waals surface area contributed by atoms with Crippen LogP contribution in [-0.2, 0) is 9.53 Å². The lowest BCUT2D eigenvalue weighted by atomic mass is 9.84. The van der Waals surface area contributed by atoms with Gasteiger partial charge in [0.15, 0.2) is 0 Å². The van der Waals surface area contributed by atoms with Gasteiger partial charge in [0.05, 0.1) is 0 Å². The molecule has 0 spiro atoms. The first kappa shape index (κ1) is 23.9. The Morgan fingerprint density at radius 1 is 0.889 bits per heavy atom. The van der Waals surface area contributed by atoms with Crippen LogP contribution in [0.5, 0.6) is 0 Å². The van der Waals surface area contributed by atoms with Gasteiger partial charge in [-0.2, -0.15) is 0 Å². The van der Waals surface area contributed by atoms with Gasteiger partial charge in [0, 0.05) is 26.3 Å². The number of carbonyl (C=O) groups is 2. The van der Waals surface area contributed by atoms with Crippen LogP contribution in [-0.4, -0.2) is 54.6 Å². The van der Waals surface area contributed by atoms with Crippen molar-refractivity contribution >= 4 is 11.9 Å². The molecule has 0 radical (unpaired) electrons. The first-order valence-corrected chi connectivity index (χ1v) is 10.7. The highest BCUT2D eigenvalue weighted by molar-refractivity contribution is 6.01. The van der Waals surface area contributed by atoms with E-state index in [0.717, 1.165) is 45.3 Å². The molecule has 1 rings (SSSR count). The lowest BCUT2D eigenvalue weighted by Gasteiger charge is -2.27. The third kappa shape index (κ3) is 9.59. The molecule has 0 atom stereocenters. The van der Waals surface area contributed by atoms with Crippen LogP contribution >= 0.6 is 0 Å². The van der Waals surface area contributed by atoms with Crippen molar-refractivity contribution in [3.63, 3.8) is 0 Å². The lowest BCUT2D eigenvalue weighted by Crippen LogP contribution is -2.35. The van der Waals surface area contributed by atoms with Gasteiger partial charge in [-0.25, -0.2) is 4.79 Å². The minimum absolute atomic E-state index is 0.0579. The second kappa shape index (κ2) is 11.0. The van der Waals surface area contributed by atoms with E-state index in [1.54, 1.807) is 4.90 Å². The Morgan fingerprint density at radius 3 is 2.00 bits per heavy atom. The summed E-state index contributed by atoms with van der Waals surface area (Å²) in [6, 6.07) is -0.127. The van der Waals surface area contributed by atoms with Crippen LogP contribution in [0.1, 0.15) is 86.5 Å². The molecule has 0 bridgehead atoms. The molecule has 0 aromatic heterocycles. The average molecular weight is 383 g/mol. The summed E-state index contributed by atoms with van der Waals surface area (Å²) in [6.45, 7) is 16.3. The number of urea groups is 1. The minimum atomic E-state index is -0.127. The third-order valence-corrected chi connectivity index (χ3v) is 5.38. The van der Waals surface area contributed by atoms with Crippen LogP contribution in [0.3, 0.4) is 0 Å². The standard InChI is InChI=1S/C22H42N2O3/c1-7-23-18-19(25)24(20(23)26)15-14-22(5,6)13-9-11-17-27-16-10-8-12-21(2,3)4/h7-18H2,1-6H3. The molecule has 1 saturated heterocycles. The van der Waals surface area contributed by atoms with E-state index >= 15 is 0 Å². The van der Waals surface area contributed by atoms with Gasteiger partial charge in [-0.1, -0.05) is 47.5 Å². The Kier molecular flexibility index (Phi) is 9.78. The Hall–Kier alpha value is -1.10. The summed E-state index contributed by atoms with van der Waals surface area (Å²) < 4.78 is 5.75. The number of imide groups is 1. The van der Waals surface area contributed by atoms with Gasteiger partial charge < -0.3 is 9.64 Å². The Labute approximate surface area is 166 Å². The van der Waals surface area contributed by atoms with Crippen LogP contribution in [0.15, 0.2) is 0 Å². The molecule has 1 heterocycles. The SMILES string of the molecule is CCN1CC(=O)N(CCC(C)(C)CCCCOCCCCC(C)(C)C)C1=O. The summed E-state index contributed by atoms with van der Waals surface area (Å²) in [5, 5.41) is 0. The third-order valence-electron chi connectivity index (χ3n) is 5.38. The largest absolute Gasteiger partial charge is 0.381 e. The van der Waals surface area contributed by atoms with Crippen LogP contribution in [0.4, 0.5) is 4.79 Å². The molecule has 1 aliphatic heterocycles. The fourth-order valence-corrected chi connectivity index (χ4v) is 3.37. The average Bonchev–Trinajstić information content (AvgIpc) is 2.84. The first-order valence-electron chi connectivity index (χ1n) is 10.7. The van der Waals surface area contributed by atoms with Crippen LogP contribution in [0.2, 0.25) is 0 Å². The van der Waals surface area contributed by atoms with Gasteiger partial charge in [0.1, 0.15) is 6.54 Å². The number of likely N-dealkylation sites (N-methyl/N-ethyl adjacent to an activating group) is 1. The molecule has 0 N–H and O–H groups in total. The summed E-state index contributed by atoms with van der Waals surface area (Å²) in [7, 11) is 0. The number of ether oxygens (including phenoxy) is 1. The van der Waals surface area contributed by atoms with E-state index in [-0.39, 0.29) is 23.9 Å². The van der Waals surface area contributed by atoms with Crippen molar-refractivity contribution in [1.29, 1.82) is 0 Å². The van der Waals surface area contributed by atoms with Gasteiger partial charge in [-0.3, -0.25) is 9.69 Å². The Balaban J connectivity index is 2.10. The molecular weight excluding hydrogens is 340 g/mol. The molecular formula is C22H42N2O3. The zero-order valence-electron chi connectivity index (χ0n) is 18.6. The van der Waals surface area contributed by atoms with Crippen molar-refractivity contribution in [3.05, 3.63) is 0 Å². The summed E-state index contributed by atoms with van der Waals surface area (Å²) in [4.78, 5) is 27.1. The van der Waals surface area contributed by atoms with Gasteiger partial charge in [0.25, 0.3) is 0 Å². The zero-order valence-corrected chi connectivity index (χ0v) is 18.6. The highest BCUT2D eigenvalue weighted by Crippen LogP contribution is 2.28. The molecule has 3 amide bonds. The molecule has 27 heavy (non-hydrogen) atoms. The fraction of sp³-hybridized carbons (Fsp3) is 0.909. The molecule has 0 unspecified atom stereocenters. The van der Waals surface area contributed by atoms with Crippen molar-refractivity contribution in [2.45, 2.75) is 86.5 Å². The van der Waals surface area contributed by atoms with Crippen molar-refractivity contribution in [3.8, 4) is 0 Å². The number of nitrogens with zero attached hydrogens (tertiary/aromatic N) is 2. The van der Waals surface area contributed by atoms with E-state index in [4.69, 9.17) is 4.74 Å². The van der Waals surface area contributed by atoms with Crippen molar-refractivity contribution < 1.29 is 14.3 Å². The summed E-state index contributed by atoms with van der Waals surface area (Å²) >= 11 is 0. The fourth-order valence-electron chi connectivity index (χ4n) is 3.37. The number of hydrogen-bond donors (Lipinski definition) is 0. The normalized spacial score (nSPS) is 15.9. The highest BCUT2D eigenvalue weighted by Gasteiger charge is 2.35. The number of unbranched alkanes of at least 4 members (excludes halogenated alkanes) is 2. The van der Waals surface area contributed by atoms with Crippen LogP contribution in [0.25, 0.3) is 0 Å². The van der Waals surface area contributed by atoms with E-state index in [1.807, 2.05) is 6.92 Å². The summed E-state index contributed by atoms with van der Waals surface area (Å²) in [6.07, 6.45) is 7.79. The van der Waals surface area contributed by atoms with Crippen molar-refractivity contribution in [1.82, 2.24) is 9.80 Å². The Morgan fingerprint density at radius 2 is 1.48 bits per heavy atom. The smallest absolute Gasteiger partial charge is 0.327 e. The molecule has 0 aromatic rings. The van der Waals surface area contributed by atoms with Crippen molar-refractivity contribution in [2.75, 3.05) is 32.8 Å². The van der Waals surface area contributed by atoms with Crippen molar-refractivity contribution in [2.24, 2.45) is 10.8 Å². The molecule has 0 aliphatic carbocycles. The molecule has 1 fully saturated rings. The molecule has 0 saturated carbocycles. The van der Waals surface area contributed by atoms with Gasteiger partial charge >= 0.3 is 6.03 Å². The van der Waals surface area contributed by atoms with E-state index < -0.39 is 0 Å². The molecule has 158 valence electrons. The van der Waals surface area contributed by atoms with E-state index in [1.165, 1.54) is 17.7 Å². The summed E-state index contributed by atoms with van der Waals surface area (Å²) in [5.41, 5.74) is 0.553. The van der Waals surface area contributed by atoms with Gasteiger partial charge in [-0.15, -0.1) is 0 Å². The lowest BCUT2D eigenvalue weighted by molar-refractivity contribution is -0.125. The maximum atomic E-state index is 12.1. The van der Waals surface area contributed by atoms with E-state index in [0.29, 0.717) is 18.5 Å². The second-order valence-corrected chi connectivity index (χ2v) is 9.84.